The molecule has 4 rings (SSSR count). The molecular weight excluding hydrogens is 334 g/mol. The largest absolute Gasteiger partial charge is 0.480 e. The minimum atomic E-state index is -0.836. The van der Waals surface area contributed by atoms with E-state index in [1.165, 1.54) is 0 Å². The van der Waals surface area contributed by atoms with E-state index in [0.717, 1.165) is 10.9 Å². The van der Waals surface area contributed by atoms with Crippen LogP contribution in [0.3, 0.4) is 0 Å². The first-order valence-corrected chi connectivity index (χ1v) is 8.90. The van der Waals surface area contributed by atoms with Crippen LogP contribution in [0.1, 0.15) is 10.5 Å². The summed E-state index contributed by atoms with van der Waals surface area (Å²) in [6, 6.07) is 9.74. The molecule has 2 fully saturated rings. The van der Waals surface area contributed by atoms with E-state index in [2.05, 4.69) is 0 Å². The normalized spacial score (nSPS) is 23.8. The average Bonchev–Trinajstić information content (AvgIpc) is 2.72. The van der Waals surface area contributed by atoms with Crippen LogP contribution in [0.15, 0.2) is 30.3 Å². The summed E-state index contributed by atoms with van der Waals surface area (Å²) in [4.78, 5) is 28.3. The average molecular weight is 357 g/mol. The quantitative estimate of drug-likeness (QED) is 0.888. The molecule has 0 unspecified atom stereocenters. The number of hydrogen-bond acceptors (Lipinski definition) is 4. The highest BCUT2D eigenvalue weighted by Gasteiger charge is 2.37. The van der Waals surface area contributed by atoms with Gasteiger partial charge in [0.1, 0.15) is 5.69 Å². The maximum atomic E-state index is 13.3. The van der Waals surface area contributed by atoms with Crippen LogP contribution in [-0.4, -0.2) is 76.8 Å². The van der Waals surface area contributed by atoms with Crippen molar-refractivity contribution in [3.8, 4) is 0 Å². The molecule has 0 spiro atoms. The standard InChI is InChI=1S/C19H23N3O4/c1-20-16-5-3-2-4-14(16)6-17(20)19(25)22-8-13-7-21(10-18(23)24)9-15(22)12-26-11-13/h2-6,13,15H,7-12H2,1H3,(H,23,24)/t13-,15-/m0/s1. The van der Waals surface area contributed by atoms with Crippen molar-refractivity contribution in [1.82, 2.24) is 14.4 Å². The minimum absolute atomic E-state index is 0.00305. The molecule has 1 aromatic carbocycles. The summed E-state index contributed by atoms with van der Waals surface area (Å²) >= 11 is 0. The topological polar surface area (TPSA) is 75.0 Å². The fourth-order valence-corrected chi connectivity index (χ4v) is 4.15. The number of nitrogens with zero attached hydrogens (tertiary/aromatic N) is 3. The van der Waals surface area contributed by atoms with Crippen LogP contribution in [0.2, 0.25) is 0 Å². The summed E-state index contributed by atoms with van der Waals surface area (Å²) < 4.78 is 7.68. The number of fused-ring (bicyclic) bond motifs is 4. The van der Waals surface area contributed by atoms with E-state index in [1.807, 2.05) is 51.7 Å². The Morgan fingerprint density at radius 1 is 1.19 bits per heavy atom. The zero-order valence-electron chi connectivity index (χ0n) is 14.8. The van der Waals surface area contributed by atoms with Gasteiger partial charge in [0.05, 0.1) is 25.8 Å². The summed E-state index contributed by atoms with van der Waals surface area (Å²) in [7, 11) is 1.91. The van der Waals surface area contributed by atoms with Crippen molar-refractivity contribution >= 4 is 22.8 Å². The molecule has 3 heterocycles. The molecule has 2 bridgehead atoms. The highest BCUT2D eigenvalue weighted by atomic mass is 16.5. The van der Waals surface area contributed by atoms with Crippen molar-refractivity contribution in [2.45, 2.75) is 6.04 Å². The first kappa shape index (κ1) is 17.1. The first-order valence-electron chi connectivity index (χ1n) is 8.90. The van der Waals surface area contributed by atoms with E-state index in [1.54, 1.807) is 0 Å². The Morgan fingerprint density at radius 3 is 2.77 bits per heavy atom. The molecule has 0 aliphatic carbocycles. The fourth-order valence-electron chi connectivity index (χ4n) is 4.15. The molecule has 0 radical (unpaired) electrons. The molecule has 7 heteroatoms. The third-order valence-corrected chi connectivity index (χ3v) is 5.34. The number of rotatable bonds is 3. The van der Waals surface area contributed by atoms with Gasteiger partial charge in [-0.1, -0.05) is 18.2 Å². The third kappa shape index (κ3) is 3.08. The molecule has 7 nitrogen and oxygen atoms in total. The monoisotopic (exact) mass is 357 g/mol. The summed E-state index contributed by atoms with van der Waals surface area (Å²) in [5.41, 5.74) is 1.68. The van der Waals surface area contributed by atoms with Crippen molar-refractivity contribution in [3.05, 3.63) is 36.0 Å². The minimum Gasteiger partial charge on any atom is -0.480 e. The van der Waals surface area contributed by atoms with E-state index in [4.69, 9.17) is 9.84 Å². The maximum Gasteiger partial charge on any atom is 0.317 e. The number of para-hydroxylation sites is 1. The van der Waals surface area contributed by atoms with Crippen LogP contribution in [0.5, 0.6) is 0 Å². The second kappa shape index (κ2) is 6.74. The number of benzene rings is 1. The van der Waals surface area contributed by atoms with E-state index in [0.29, 0.717) is 38.5 Å². The van der Waals surface area contributed by atoms with Crippen molar-refractivity contribution in [2.24, 2.45) is 13.0 Å². The Kier molecular flexibility index (Phi) is 4.42. The molecule has 2 aromatic rings. The van der Waals surface area contributed by atoms with E-state index in [9.17, 15) is 9.59 Å². The molecule has 1 amide bonds. The maximum absolute atomic E-state index is 13.3. The Balaban J connectivity index is 1.64. The second-order valence-corrected chi connectivity index (χ2v) is 7.25. The number of aromatic nitrogens is 1. The zero-order chi connectivity index (χ0) is 18.3. The molecule has 2 atom stereocenters. The van der Waals surface area contributed by atoms with Gasteiger partial charge in [-0.05, 0) is 12.1 Å². The molecule has 26 heavy (non-hydrogen) atoms. The van der Waals surface area contributed by atoms with Gasteiger partial charge < -0.3 is 19.3 Å². The zero-order valence-corrected chi connectivity index (χ0v) is 14.8. The number of carboxylic acid groups (broad SMARTS) is 1. The van der Waals surface area contributed by atoms with Crippen LogP contribution in [-0.2, 0) is 16.6 Å². The Labute approximate surface area is 151 Å². The van der Waals surface area contributed by atoms with Gasteiger partial charge in [0.15, 0.2) is 0 Å². The molecule has 2 aliphatic rings. The van der Waals surface area contributed by atoms with Gasteiger partial charge in [0, 0.05) is 43.5 Å². The van der Waals surface area contributed by atoms with Gasteiger partial charge >= 0.3 is 5.97 Å². The van der Waals surface area contributed by atoms with Crippen molar-refractivity contribution in [3.63, 3.8) is 0 Å². The Morgan fingerprint density at radius 2 is 2.00 bits per heavy atom. The number of hydrogen-bond donors (Lipinski definition) is 1. The Bertz CT molecular complexity index is 846. The lowest BCUT2D eigenvalue weighted by Crippen LogP contribution is -2.47. The molecule has 1 aromatic heterocycles. The van der Waals surface area contributed by atoms with E-state index < -0.39 is 5.97 Å². The number of aliphatic carboxylic acids is 1. The lowest BCUT2D eigenvalue weighted by Gasteiger charge is -2.30. The molecule has 2 saturated heterocycles. The lowest BCUT2D eigenvalue weighted by atomic mass is 10.1. The Hall–Kier alpha value is -2.38. The van der Waals surface area contributed by atoms with Gasteiger partial charge in [0.25, 0.3) is 5.91 Å². The van der Waals surface area contributed by atoms with Crippen molar-refractivity contribution in [1.29, 1.82) is 0 Å². The summed E-state index contributed by atoms with van der Waals surface area (Å²) in [5, 5.41) is 10.2. The fraction of sp³-hybridized carbons (Fsp3) is 0.474. The number of carboxylic acids is 1. The second-order valence-electron chi connectivity index (χ2n) is 7.25. The van der Waals surface area contributed by atoms with Crippen LogP contribution in [0.4, 0.5) is 0 Å². The number of aryl methyl sites for hydroxylation is 1. The van der Waals surface area contributed by atoms with E-state index in [-0.39, 0.29) is 24.4 Å². The predicted molar refractivity (Wildman–Crippen MR) is 96.1 cm³/mol. The third-order valence-electron chi connectivity index (χ3n) is 5.34. The number of amides is 1. The lowest BCUT2D eigenvalue weighted by molar-refractivity contribution is -0.138. The first-order chi connectivity index (χ1) is 12.5. The molecule has 0 saturated carbocycles. The van der Waals surface area contributed by atoms with E-state index >= 15 is 0 Å². The molecular formula is C19H23N3O4. The molecule has 1 N–H and O–H groups in total. The van der Waals surface area contributed by atoms with Crippen LogP contribution >= 0.6 is 0 Å². The summed E-state index contributed by atoms with van der Waals surface area (Å²) in [6.45, 7) is 2.78. The van der Waals surface area contributed by atoms with Crippen molar-refractivity contribution in [2.75, 3.05) is 39.4 Å². The van der Waals surface area contributed by atoms with Crippen LogP contribution in [0, 0.1) is 5.92 Å². The van der Waals surface area contributed by atoms with Gasteiger partial charge in [-0.25, -0.2) is 0 Å². The van der Waals surface area contributed by atoms with Gasteiger partial charge in [-0.2, -0.15) is 0 Å². The van der Waals surface area contributed by atoms with Gasteiger partial charge in [-0.3, -0.25) is 14.5 Å². The van der Waals surface area contributed by atoms with Crippen molar-refractivity contribution < 1.29 is 19.4 Å². The van der Waals surface area contributed by atoms with Crippen LogP contribution in [0.25, 0.3) is 10.9 Å². The predicted octanol–water partition coefficient (Wildman–Crippen LogP) is 1.04. The highest BCUT2D eigenvalue weighted by molar-refractivity contribution is 5.99. The summed E-state index contributed by atoms with van der Waals surface area (Å²) in [5.74, 6) is -0.723. The van der Waals surface area contributed by atoms with Gasteiger partial charge in [0.2, 0.25) is 0 Å². The summed E-state index contributed by atoms with van der Waals surface area (Å²) in [6.07, 6.45) is 0. The SMILES string of the molecule is Cn1c(C(=O)N2C[C@H]3COC[C@@H]2CN(CC(=O)O)C3)cc2ccccc21. The molecule has 138 valence electrons. The highest BCUT2D eigenvalue weighted by Crippen LogP contribution is 2.24. The smallest absolute Gasteiger partial charge is 0.317 e. The number of carbonyl (C=O) groups excluding carboxylic acids is 1. The molecule has 2 aliphatic heterocycles. The number of carbonyl (C=O) groups is 2. The van der Waals surface area contributed by atoms with Crippen LogP contribution < -0.4 is 0 Å². The number of ether oxygens (including phenoxy) is 1. The van der Waals surface area contributed by atoms with Gasteiger partial charge in [-0.15, -0.1) is 0 Å².